The van der Waals surface area contributed by atoms with Gasteiger partial charge >= 0.3 is 0 Å². The number of aryl methyl sites for hydroxylation is 1. The first kappa shape index (κ1) is 16.1. The second-order valence-electron chi connectivity index (χ2n) is 5.38. The number of benzene rings is 1. The molecule has 0 unspecified atom stereocenters. The molecule has 1 amide bonds. The van der Waals surface area contributed by atoms with Gasteiger partial charge in [0.15, 0.2) is 0 Å². The minimum Gasteiger partial charge on any atom is -0.496 e. The number of methoxy groups -OCH3 is 1. The first-order valence-corrected chi connectivity index (χ1v) is 8.55. The lowest BCUT2D eigenvalue weighted by Crippen LogP contribution is -2.31. The molecule has 2 aromatic rings. The number of carbonyl (C=O) groups is 1. The van der Waals surface area contributed by atoms with E-state index in [4.69, 9.17) is 21.4 Å². The second-order valence-corrected chi connectivity index (χ2v) is 7.22. The molecular formula is C17H17NO3S2. The van der Waals surface area contributed by atoms with E-state index in [0.29, 0.717) is 17.3 Å². The standard InChI is InChI=1S/C17H17NO3S2/c1-11-8-12(5-6-14(11)20-2)9-15-16(19)18(17(22)23-15)10-13-4-3-7-21-13/h3-8,15H,9-10H2,1-2H3/t15-/m0/s1. The smallest absolute Gasteiger partial charge is 0.242 e. The van der Waals surface area contributed by atoms with Crippen LogP contribution in [0.2, 0.25) is 0 Å². The molecular weight excluding hydrogens is 330 g/mol. The minimum atomic E-state index is -0.176. The SMILES string of the molecule is COc1ccc(C[C@@H]2SC(=S)N(Cc3ccco3)C2=O)cc1C. The summed E-state index contributed by atoms with van der Waals surface area (Å²) >= 11 is 6.80. The lowest BCUT2D eigenvalue weighted by Gasteiger charge is -2.14. The van der Waals surface area contributed by atoms with E-state index >= 15 is 0 Å². The fraction of sp³-hybridized carbons (Fsp3) is 0.294. The van der Waals surface area contributed by atoms with Gasteiger partial charge in [-0.2, -0.15) is 0 Å². The van der Waals surface area contributed by atoms with Crippen LogP contribution < -0.4 is 4.74 Å². The van der Waals surface area contributed by atoms with E-state index in [9.17, 15) is 4.79 Å². The molecule has 1 aliphatic heterocycles. The van der Waals surface area contributed by atoms with E-state index < -0.39 is 0 Å². The van der Waals surface area contributed by atoms with Crippen LogP contribution in [-0.2, 0) is 17.8 Å². The van der Waals surface area contributed by atoms with E-state index in [-0.39, 0.29) is 11.2 Å². The van der Waals surface area contributed by atoms with Crippen LogP contribution in [0.25, 0.3) is 0 Å². The van der Waals surface area contributed by atoms with Crippen LogP contribution in [0.4, 0.5) is 0 Å². The van der Waals surface area contributed by atoms with Crippen molar-refractivity contribution < 1.29 is 13.9 Å². The molecule has 4 nitrogen and oxygen atoms in total. The molecule has 0 N–H and O–H groups in total. The van der Waals surface area contributed by atoms with Crippen LogP contribution in [0.1, 0.15) is 16.9 Å². The van der Waals surface area contributed by atoms with Gasteiger partial charge in [-0.3, -0.25) is 9.69 Å². The van der Waals surface area contributed by atoms with Crippen LogP contribution in [0.15, 0.2) is 41.0 Å². The Labute approximate surface area is 144 Å². The number of hydrogen-bond donors (Lipinski definition) is 0. The van der Waals surface area contributed by atoms with Crippen molar-refractivity contribution >= 4 is 34.2 Å². The Morgan fingerprint density at radius 1 is 1.39 bits per heavy atom. The van der Waals surface area contributed by atoms with Crippen molar-refractivity contribution in [3.8, 4) is 5.75 Å². The van der Waals surface area contributed by atoms with Gasteiger partial charge in [0.1, 0.15) is 15.8 Å². The van der Waals surface area contributed by atoms with E-state index in [1.54, 1.807) is 18.3 Å². The molecule has 1 saturated heterocycles. The van der Waals surface area contributed by atoms with Gasteiger partial charge in [0, 0.05) is 0 Å². The maximum absolute atomic E-state index is 12.6. The quantitative estimate of drug-likeness (QED) is 0.774. The van der Waals surface area contributed by atoms with Crippen molar-refractivity contribution in [2.75, 3.05) is 7.11 Å². The summed E-state index contributed by atoms with van der Waals surface area (Å²) in [7, 11) is 1.66. The van der Waals surface area contributed by atoms with Crippen LogP contribution in [0.5, 0.6) is 5.75 Å². The van der Waals surface area contributed by atoms with Crippen molar-refractivity contribution in [1.29, 1.82) is 0 Å². The lowest BCUT2D eigenvalue weighted by molar-refractivity contribution is -0.126. The lowest BCUT2D eigenvalue weighted by atomic mass is 10.1. The Bertz CT molecular complexity index is 727. The third kappa shape index (κ3) is 3.43. The molecule has 6 heteroatoms. The van der Waals surface area contributed by atoms with Gasteiger partial charge in [0.05, 0.1) is 25.2 Å². The summed E-state index contributed by atoms with van der Waals surface area (Å²) in [6.07, 6.45) is 2.26. The topological polar surface area (TPSA) is 42.7 Å². The molecule has 1 atom stereocenters. The normalized spacial score (nSPS) is 17.8. The largest absolute Gasteiger partial charge is 0.496 e. The van der Waals surface area contributed by atoms with Gasteiger partial charge in [-0.05, 0) is 42.7 Å². The molecule has 0 aliphatic carbocycles. The third-order valence-corrected chi connectivity index (χ3v) is 5.36. The molecule has 120 valence electrons. The number of thioether (sulfide) groups is 1. The fourth-order valence-electron chi connectivity index (χ4n) is 2.61. The van der Waals surface area contributed by atoms with Crippen LogP contribution in [0.3, 0.4) is 0 Å². The zero-order chi connectivity index (χ0) is 16.4. The number of amides is 1. The Morgan fingerprint density at radius 2 is 2.22 bits per heavy atom. The van der Waals surface area contributed by atoms with Crippen molar-refractivity contribution in [3.63, 3.8) is 0 Å². The summed E-state index contributed by atoms with van der Waals surface area (Å²) in [5, 5.41) is -0.176. The Kier molecular flexibility index (Phi) is 4.73. The molecule has 23 heavy (non-hydrogen) atoms. The molecule has 3 rings (SSSR count). The molecule has 1 aromatic carbocycles. The summed E-state index contributed by atoms with van der Waals surface area (Å²) in [4.78, 5) is 14.2. The third-order valence-electron chi connectivity index (χ3n) is 3.78. The van der Waals surface area contributed by atoms with Gasteiger partial charge in [-0.25, -0.2) is 0 Å². The van der Waals surface area contributed by atoms with E-state index in [1.165, 1.54) is 11.8 Å². The first-order chi connectivity index (χ1) is 11.1. The summed E-state index contributed by atoms with van der Waals surface area (Å²) in [5.41, 5.74) is 2.17. The molecule has 1 fully saturated rings. The van der Waals surface area contributed by atoms with Gasteiger partial charge < -0.3 is 9.15 Å². The summed E-state index contributed by atoms with van der Waals surface area (Å²) in [6.45, 7) is 2.40. The van der Waals surface area contributed by atoms with Gasteiger partial charge in [-0.1, -0.05) is 36.1 Å². The number of thiocarbonyl (C=S) groups is 1. The zero-order valence-electron chi connectivity index (χ0n) is 12.9. The number of furan rings is 1. The minimum absolute atomic E-state index is 0.0462. The van der Waals surface area contributed by atoms with Gasteiger partial charge in [0.2, 0.25) is 5.91 Å². The van der Waals surface area contributed by atoms with Crippen LogP contribution in [0, 0.1) is 6.92 Å². The zero-order valence-corrected chi connectivity index (χ0v) is 14.6. The fourth-order valence-corrected chi connectivity index (χ4v) is 4.14. The second kappa shape index (κ2) is 6.76. The van der Waals surface area contributed by atoms with E-state index in [1.807, 2.05) is 31.2 Å². The van der Waals surface area contributed by atoms with Crippen molar-refractivity contribution in [1.82, 2.24) is 4.90 Å². The van der Waals surface area contributed by atoms with Crippen molar-refractivity contribution in [2.45, 2.75) is 25.1 Å². The predicted octanol–water partition coefficient (Wildman–Crippen LogP) is 3.57. The average Bonchev–Trinajstić information content (AvgIpc) is 3.12. The van der Waals surface area contributed by atoms with E-state index in [0.717, 1.165) is 22.6 Å². The van der Waals surface area contributed by atoms with Gasteiger partial charge in [0.25, 0.3) is 0 Å². The van der Waals surface area contributed by atoms with Crippen molar-refractivity contribution in [2.24, 2.45) is 0 Å². The summed E-state index contributed by atoms with van der Waals surface area (Å²) < 4.78 is 11.2. The highest BCUT2D eigenvalue weighted by molar-refractivity contribution is 8.24. The molecule has 0 bridgehead atoms. The summed E-state index contributed by atoms with van der Waals surface area (Å²) in [6, 6.07) is 9.65. The summed E-state index contributed by atoms with van der Waals surface area (Å²) in [5.74, 6) is 1.64. The highest BCUT2D eigenvalue weighted by Crippen LogP contribution is 2.32. The molecule has 0 saturated carbocycles. The number of ether oxygens (including phenoxy) is 1. The molecule has 0 spiro atoms. The van der Waals surface area contributed by atoms with E-state index in [2.05, 4.69) is 6.07 Å². The number of nitrogens with zero attached hydrogens (tertiary/aromatic N) is 1. The number of hydrogen-bond acceptors (Lipinski definition) is 5. The molecule has 2 heterocycles. The van der Waals surface area contributed by atoms with Crippen LogP contribution >= 0.6 is 24.0 Å². The molecule has 1 aliphatic rings. The molecule has 0 radical (unpaired) electrons. The maximum atomic E-state index is 12.6. The Balaban J connectivity index is 1.71. The maximum Gasteiger partial charge on any atom is 0.242 e. The average molecular weight is 347 g/mol. The van der Waals surface area contributed by atoms with Crippen LogP contribution in [-0.4, -0.2) is 27.5 Å². The number of carbonyl (C=O) groups excluding carboxylic acids is 1. The Morgan fingerprint density at radius 3 is 2.87 bits per heavy atom. The van der Waals surface area contributed by atoms with Crippen molar-refractivity contribution in [3.05, 3.63) is 53.5 Å². The Hall–Kier alpha value is -1.79. The van der Waals surface area contributed by atoms with Gasteiger partial charge in [-0.15, -0.1) is 0 Å². The predicted molar refractivity (Wildman–Crippen MR) is 94.7 cm³/mol. The number of rotatable bonds is 5. The highest BCUT2D eigenvalue weighted by Gasteiger charge is 2.37. The molecule has 1 aromatic heterocycles. The monoisotopic (exact) mass is 347 g/mol. The first-order valence-electron chi connectivity index (χ1n) is 7.26. The highest BCUT2D eigenvalue weighted by atomic mass is 32.2.